The first kappa shape index (κ1) is 21.0. The molecule has 1 aliphatic heterocycles. The van der Waals surface area contributed by atoms with E-state index in [1.54, 1.807) is 29.2 Å². The van der Waals surface area contributed by atoms with Crippen molar-refractivity contribution in [3.8, 4) is 5.75 Å². The second-order valence-corrected chi connectivity index (χ2v) is 7.74. The number of benzene rings is 2. The highest BCUT2D eigenvalue weighted by atomic mass is 79.9. The molecule has 0 aliphatic carbocycles. The largest absolute Gasteiger partial charge is 0.427 e. The second kappa shape index (κ2) is 9.69. The van der Waals surface area contributed by atoms with Crippen LogP contribution in [-0.4, -0.2) is 53.8 Å². The lowest BCUT2D eigenvalue weighted by Gasteiger charge is -2.35. The number of nitrogens with zero attached hydrogens (tertiary/aromatic N) is 2. The van der Waals surface area contributed by atoms with Crippen LogP contribution in [0.2, 0.25) is 0 Å². The molecule has 0 radical (unpaired) electrons. The highest BCUT2D eigenvalue weighted by Crippen LogP contribution is 2.19. The highest BCUT2D eigenvalue weighted by Gasteiger charge is 2.25. The Morgan fingerprint density at radius 2 is 1.66 bits per heavy atom. The average molecular weight is 459 g/mol. The zero-order chi connectivity index (χ0) is 20.8. The SMILES string of the molecule is CC(=O)Oc1cccc(C(=O)N2CCN(C(=O)CCc3ccccc3Br)CC2)c1. The lowest BCUT2D eigenvalue weighted by atomic mass is 10.1. The smallest absolute Gasteiger partial charge is 0.308 e. The second-order valence-electron chi connectivity index (χ2n) is 6.89. The van der Waals surface area contributed by atoms with Gasteiger partial charge in [0.15, 0.2) is 0 Å². The summed E-state index contributed by atoms with van der Waals surface area (Å²) < 4.78 is 6.06. The Bertz CT molecular complexity index is 907. The normalized spacial score (nSPS) is 13.9. The fourth-order valence-electron chi connectivity index (χ4n) is 3.30. The van der Waals surface area contributed by atoms with Crippen LogP contribution in [0.1, 0.15) is 29.3 Å². The van der Waals surface area contributed by atoms with Crippen LogP contribution in [-0.2, 0) is 16.0 Å². The van der Waals surface area contributed by atoms with Gasteiger partial charge in [-0.05, 0) is 36.2 Å². The van der Waals surface area contributed by atoms with Crippen molar-refractivity contribution in [2.24, 2.45) is 0 Å². The zero-order valence-electron chi connectivity index (χ0n) is 16.3. The van der Waals surface area contributed by atoms with Crippen LogP contribution >= 0.6 is 15.9 Å². The van der Waals surface area contributed by atoms with Crippen molar-refractivity contribution in [3.05, 3.63) is 64.1 Å². The van der Waals surface area contributed by atoms with Gasteiger partial charge in [-0.1, -0.05) is 40.2 Å². The van der Waals surface area contributed by atoms with Crippen molar-refractivity contribution >= 4 is 33.7 Å². The number of ether oxygens (including phenoxy) is 1. The van der Waals surface area contributed by atoms with E-state index >= 15 is 0 Å². The predicted octanol–water partition coefficient (Wildman–Crippen LogP) is 3.29. The first-order valence-electron chi connectivity index (χ1n) is 9.53. The van der Waals surface area contributed by atoms with Gasteiger partial charge in [-0.25, -0.2) is 0 Å². The molecule has 0 spiro atoms. The van der Waals surface area contributed by atoms with Crippen molar-refractivity contribution in [1.29, 1.82) is 0 Å². The quantitative estimate of drug-likeness (QED) is 0.509. The number of halogens is 1. The number of aryl methyl sites for hydroxylation is 1. The Morgan fingerprint density at radius 3 is 2.34 bits per heavy atom. The Morgan fingerprint density at radius 1 is 0.966 bits per heavy atom. The first-order chi connectivity index (χ1) is 13.9. The van der Waals surface area contributed by atoms with E-state index < -0.39 is 5.97 Å². The molecule has 1 fully saturated rings. The Balaban J connectivity index is 1.52. The highest BCUT2D eigenvalue weighted by molar-refractivity contribution is 9.10. The van der Waals surface area contributed by atoms with E-state index in [1.165, 1.54) is 6.92 Å². The average Bonchev–Trinajstić information content (AvgIpc) is 2.72. The summed E-state index contributed by atoms with van der Waals surface area (Å²) in [4.78, 5) is 39.9. The molecule has 29 heavy (non-hydrogen) atoms. The molecule has 0 N–H and O–H groups in total. The molecule has 0 unspecified atom stereocenters. The van der Waals surface area contributed by atoms with Gasteiger partial charge in [0.05, 0.1) is 0 Å². The molecular weight excluding hydrogens is 436 g/mol. The fourth-order valence-corrected chi connectivity index (χ4v) is 3.78. The molecule has 0 bridgehead atoms. The van der Waals surface area contributed by atoms with Gasteiger partial charge >= 0.3 is 5.97 Å². The van der Waals surface area contributed by atoms with E-state index in [1.807, 2.05) is 29.2 Å². The van der Waals surface area contributed by atoms with Crippen LogP contribution in [0.3, 0.4) is 0 Å². The molecule has 7 heteroatoms. The van der Waals surface area contributed by atoms with E-state index in [2.05, 4.69) is 15.9 Å². The van der Waals surface area contributed by atoms with Gasteiger partial charge in [-0.2, -0.15) is 0 Å². The summed E-state index contributed by atoms with van der Waals surface area (Å²) in [5.41, 5.74) is 1.58. The van der Waals surface area contributed by atoms with Gasteiger partial charge in [0.1, 0.15) is 5.75 Å². The molecule has 1 heterocycles. The van der Waals surface area contributed by atoms with Crippen molar-refractivity contribution < 1.29 is 19.1 Å². The maximum Gasteiger partial charge on any atom is 0.308 e. The minimum atomic E-state index is -0.427. The molecule has 6 nitrogen and oxygen atoms in total. The molecule has 0 atom stereocenters. The number of carbonyl (C=O) groups is 3. The summed E-state index contributed by atoms with van der Waals surface area (Å²) in [6.07, 6.45) is 1.13. The number of hydrogen-bond donors (Lipinski definition) is 0. The van der Waals surface area contributed by atoms with Gasteiger partial charge in [-0.15, -0.1) is 0 Å². The van der Waals surface area contributed by atoms with Crippen molar-refractivity contribution in [2.45, 2.75) is 19.8 Å². The summed E-state index contributed by atoms with van der Waals surface area (Å²) in [7, 11) is 0. The summed E-state index contributed by atoms with van der Waals surface area (Å²) in [6.45, 7) is 3.32. The minimum Gasteiger partial charge on any atom is -0.427 e. The first-order valence-corrected chi connectivity index (χ1v) is 10.3. The molecule has 0 saturated carbocycles. The zero-order valence-corrected chi connectivity index (χ0v) is 17.9. The molecule has 1 aliphatic rings. The van der Waals surface area contributed by atoms with Crippen molar-refractivity contribution in [3.63, 3.8) is 0 Å². The Kier molecular flexibility index (Phi) is 7.04. The van der Waals surface area contributed by atoms with E-state index in [-0.39, 0.29) is 11.8 Å². The van der Waals surface area contributed by atoms with Gasteiger partial charge in [-0.3, -0.25) is 14.4 Å². The maximum atomic E-state index is 12.7. The summed E-state index contributed by atoms with van der Waals surface area (Å²) in [5.74, 6) is -0.0995. The van der Waals surface area contributed by atoms with E-state index in [4.69, 9.17) is 4.74 Å². The van der Waals surface area contributed by atoms with Crippen molar-refractivity contribution in [2.75, 3.05) is 26.2 Å². The third-order valence-corrected chi connectivity index (χ3v) is 5.60. The third kappa shape index (κ3) is 5.67. The van der Waals surface area contributed by atoms with Crippen LogP contribution in [0, 0.1) is 0 Å². The van der Waals surface area contributed by atoms with Crippen LogP contribution in [0.5, 0.6) is 5.75 Å². The monoisotopic (exact) mass is 458 g/mol. The molecule has 3 rings (SSSR count). The lowest BCUT2D eigenvalue weighted by molar-refractivity contribution is -0.133. The maximum absolute atomic E-state index is 12.7. The number of piperazine rings is 1. The minimum absolute atomic E-state index is 0.102. The van der Waals surface area contributed by atoms with Crippen LogP contribution in [0.25, 0.3) is 0 Å². The van der Waals surface area contributed by atoms with E-state index in [0.29, 0.717) is 50.3 Å². The lowest BCUT2D eigenvalue weighted by Crippen LogP contribution is -2.50. The van der Waals surface area contributed by atoms with Gasteiger partial charge in [0, 0.05) is 49.6 Å². The standard InChI is InChI=1S/C22H23BrN2O4/c1-16(26)29-19-7-4-6-18(15-19)22(28)25-13-11-24(12-14-25)21(27)10-9-17-5-2-3-8-20(17)23/h2-8,15H,9-14H2,1H3. The number of hydrogen-bond acceptors (Lipinski definition) is 4. The van der Waals surface area contributed by atoms with Gasteiger partial charge in [0.2, 0.25) is 5.91 Å². The number of rotatable bonds is 5. The Labute approximate surface area is 178 Å². The van der Waals surface area contributed by atoms with E-state index in [9.17, 15) is 14.4 Å². The number of carbonyl (C=O) groups excluding carboxylic acids is 3. The van der Waals surface area contributed by atoms with Crippen LogP contribution in [0.4, 0.5) is 0 Å². The molecule has 2 aromatic rings. The summed E-state index contributed by atoms with van der Waals surface area (Å²) in [5, 5.41) is 0. The van der Waals surface area contributed by atoms with Gasteiger partial charge < -0.3 is 14.5 Å². The van der Waals surface area contributed by atoms with Crippen molar-refractivity contribution in [1.82, 2.24) is 9.80 Å². The molecule has 152 valence electrons. The third-order valence-electron chi connectivity index (χ3n) is 4.83. The summed E-state index contributed by atoms with van der Waals surface area (Å²) in [6, 6.07) is 14.5. The molecule has 2 aromatic carbocycles. The number of amides is 2. The topological polar surface area (TPSA) is 66.9 Å². The Hall–Kier alpha value is -2.67. The van der Waals surface area contributed by atoms with Gasteiger partial charge in [0.25, 0.3) is 5.91 Å². The molecule has 2 amide bonds. The number of esters is 1. The predicted molar refractivity (Wildman–Crippen MR) is 113 cm³/mol. The summed E-state index contributed by atoms with van der Waals surface area (Å²) >= 11 is 3.51. The van der Waals surface area contributed by atoms with Crippen LogP contribution < -0.4 is 4.74 Å². The van der Waals surface area contributed by atoms with E-state index in [0.717, 1.165) is 10.0 Å². The van der Waals surface area contributed by atoms with Crippen LogP contribution in [0.15, 0.2) is 53.0 Å². The fraction of sp³-hybridized carbons (Fsp3) is 0.318. The molecular formula is C22H23BrN2O4. The molecule has 1 saturated heterocycles. The molecule has 0 aromatic heterocycles.